The van der Waals surface area contributed by atoms with Crippen molar-refractivity contribution in [3.05, 3.63) is 64.9 Å². The molecule has 0 radical (unpaired) electrons. The number of rotatable bonds is 6. The van der Waals surface area contributed by atoms with Crippen LogP contribution in [-0.4, -0.2) is 37.9 Å². The molecule has 5 aromatic rings. The molecule has 3 aromatic heterocycles. The van der Waals surface area contributed by atoms with Gasteiger partial charge in [0.2, 0.25) is 0 Å². The molecule has 0 saturated carbocycles. The zero-order valence-electron chi connectivity index (χ0n) is 24.7. The van der Waals surface area contributed by atoms with Gasteiger partial charge in [-0.1, -0.05) is 23.7 Å². The number of hydrogen-bond donors (Lipinski definition) is 0. The number of hydrogen-bond acceptors (Lipinski definition) is 7. The van der Waals surface area contributed by atoms with E-state index < -0.39 is 17.1 Å². The molecule has 0 bridgehead atoms. The molecule has 0 amide bonds. The number of esters is 1. The van der Waals surface area contributed by atoms with Gasteiger partial charge in [0.05, 0.1) is 32.9 Å². The van der Waals surface area contributed by atoms with Crippen LogP contribution in [0.4, 0.5) is 0 Å². The van der Waals surface area contributed by atoms with Crippen molar-refractivity contribution in [2.45, 2.75) is 60.2 Å². The molecule has 0 N–H and O–H groups in total. The zero-order chi connectivity index (χ0) is 29.7. The summed E-state index contributed by atoms with van der Waals surface area (Å²) in [6.45, 7) is 13.7. The number of thiazole rings is 1. The van der Waals surface area contributed by atoms with E-state index in [4.69, 9.17) is 26.1 Å². The van der Waals surface area contributed by atoms with Crippen molar-refractivity contribution < 1.29 is 14.3 Å². The van der Waals surface area contributed by atoms with Crippen LogP contribution < -0.4 is 0 Å². The van der Waals surface area contributed by atoms with E-state index in [0.29, 0.717) is 5.02 Å². The predicted octanol–water partition coefficient (Wildman–Crippen LogP) is 8.32. The number of fused-ring (bicyclic) bond motifs is 2. The van der Waals surface area contributed by atoms with Gasteiger partial charge in [-0.25, -0.2) is 4.98 Å². The fourth-order valence-corrected chi connectivity index (χ4v) is 6.00. The van der Waals surface area contributed by atoms with Crippen molar-refractivity contribution in [3.63, 3.8) is 0 Å². The van der Waals surface area contributed by atoms with Gasteiger partial charge in [-0.05, 0) is 89.4 Å². The smallest absolute Gasteiger partial charge is 0.311 e. The summed E-state index contributed by atoms with van der Waals surface area (Å²) in [5, 5.41) is 5.84. The van der Waals surface area contributed by atoms with E-state index in [9.17, 15) is 4.79 Å². The van der Waals surface area contributed by atoms with Crippen LogP contribution in [0.1, 0.15) is 58.8 Å². The third-order valence-electron chi connectivity index (χ3n) is 6.70. The fraction of sp³-hybridized carbons (Fsp3) is 0.375. The molecular formula is C32H35ClN4O3S. The average molecular weight is 591 g/mol. The molecule has 5 rings (SSSR count). The van der Waals surface area contributed by atoms with Crippen LogP contribution in [0.15, 0.2) is 48.8 Å². The van der Waals surface area contributed by atoms with E-state index >= 15 is 0 Å². The predicted molar refractivity (Wildman–Crippen MR) is 166 cm³/mol. The summed E-state index contributed by atoms with van der Waals surface area (Å²) in [6, 6.07) is 12.0. The maximum atomic E-state index is 12.8. The number of aryl methyl sites for hydroxylation is 2. The first kappa shape index (κ1) is 29.2. The van der Waals surface area contributed by atoms with Gasteiger partial charge in [-0.15, -0.1) is 11.3 Å². The Morgan fingerprint density at radius 3 is 2.39 bits per heavy atom. The second-order valence-electron chi connectivity index (χ2n) is 12.3. The van der Waals surface area contributed by atoms with E-state index in [1.54, 1.807) is 17.5 Å². The molecule has 7 nitrogen and oxygen atoms in total. The third kappa shape index (κ3) is 6.15. The summed E-state index contributed by atoms with van der Waals surface area (Å²) in [5.74, 6) is -0.273. The molecule has 1 atom stereocenters. The van der Waals surface area contributed by atoms with Crippen molar-refractivity contribution in [3.8, 4) is 21.7 Å². The highest BCUT2D eigenvalue weighted by Gasteiger charge is 2.31. The highest BCUT2D eigenvalue weighted by Crippen LogP contribution is 2.44. The Morgan fingerprint density at radius 2 is 1.73 bits per heavy atom. The quantitative estimate of drug-likeness (QED) is 0.185. The normalized spacial score (nSPS) is 13.2. The summed E-state index contributed by atoms with van der Waals surface area (Å²) in [7, 11) is 1.91. The Balaban J connectivity index is 1.72. The van der Waals surface area contributed by atoms with Crippen LogP contribution in [0, 0.1) is 12.3 Å². The second kappa shape index (κ2) is 10.8. The van der Waals surface area contributed by atoms with E-state index in [1.807, 2.05) is 83.7 Å². The van der Waals surface area contributed by atoms with E-state index in [1.165, 1.54) is 0 Å². The van der Waals surface area contributed by atoms with E-state index in [0.717, 1.165) is 54.1 Å². The first-order valence-corrected chi connectivity index (χ1v) is 14.7. The molecule has 2 aromatic carbocycles. The Hall–Kier alpha value is -3.33. The van der Waals surface area contributed by atoms with E-state index in [2.05, 4.69) is 29.1 Å². The summed E-state index contributed by atoms with van der Waals surface area (Å²) in [4.78, 5) is 22.5. The van der Waals surface area contributed by atoms with Crippen LogP contribution in [-0.2, 0) is 21.3 Å². The number of nitrogens with zero attached hydrogens (tertiary/aromatic N) is 4. The highest BCUT2D eigenvalue weighted by atomic mass is 35.5. The molecule has 1 unspecified atom stereocenters. The molecule has 0 aliphatic rings. The maximum Gasteiger partial charge on any atom is 0.311 e. The minimum absolute atomic E-state index is 0.0903. The number of pyridine rings is 1. The van der Waals surface area contributed by atoms with Gasteiger partial charge >= 0.3 is 5.97 Å². The van der Waals surface area contributed by atoms with Crippen LogP contribution in [0.2, 0.25) is 5.02 Å². The van der Waals surface area contributed by atoms with Crippen molar-refractivity contribution in [2.24, 2.45) is 12.5 Å². The lowest BCUT2D eigenvalue weighted by molar-refractivity contribution is -0.162. The fourth-order valence-electron chi connectivity index (χ4n) is 4.77. The number of aromatic nitrogens is 4. The Labute approximate surface area is 249 Å². The van der Waals surface area contributed by atoms with Gasteiger partial charge < -0.3 is 9.47 Å². The molecule has 0 spiro atoms. The van der Waals surface area contributed by atoms with E-state index in [-0.39, 0.29) is 12.6 Å². The van der Waals surface area contributed by atoms with Gasteiger partial charge in [0.1, 0.15) is 23.2 Å². The lowest BCUT2D eigenvalue weighted by Crippen LogP contribution is -2.30. The summed E-state index contributed by atoms with van der Waals surface area (Å²) in [5.41, 5.74) is 6.41. The largest absolute Gasteiger partial charge is 0.462 e. The van der Waals surface area contributed by atoms with Crippen LogP contribution in [0.3, 0.4) is 0 Å². The van der Waals surface area contributed by atoms with Gasteiger partial charge in [-0.3, -0.25) is 14.5 Å². The number of benzene rings is 2. The molecule has 41 heavy (non-hydrogen) atoms. The summed E-state index contributed by atoms with van der Waals surface area (Å²) < 4.78 is 15.3. The van der Waals surface area contributed by atoms with Crippen molar-refractivity contribution in [1.29, 1.82) is 0 Å². The standard InChI is InChI=1S/C32H35ClN4O3S/c1-18-13-22-28(41-29(36-22)20-14-24-23(34-15-20)16-35-37(24)8)27(19-9-11-21(33)12-10-19)26(18)25(40-32(5,6)7)17-39-30(38)31(2,3)4/h9-16,25H,17H2,1-8H3. The minimum atomic E-state index is -0.625. The third-order valence-corrected chi connectivity index (χ3v) is 8.09. The van der Waals surface area contributed by atoms with Gasteiger partial charge in [0.15, 0.2) is 0 Å². The van der Waals surface area contributed by atoms with Gasteiger partial charge in [-0.2, -0.15) is 5.10 Å². The Morgan fingerprint density at radius 1 is 1.02 bits per heavy atom. The first-order chi connectivity index (χ1) is 19.2. The van der Waals surface area contributed by atoms with Crippen LogP contribution >= 0.6 is 22.9 Å². The average Bonchev–Trinajstić information content (AvgIpc) is 3.48. The molecule has 3 heterocycles. The van der Waals surface area contributed by atoms with Gasteiger partial charge in [0.25, 0.3) is 0 Å². The molecule has 0 aliphatic heterocycles. The maximum absolute atomic E-state index is 12.8. The SMILES string of the molecule is Cc1cc2nc(-c3cnc4cnn(C)c4c3)sc2c(-c2ccc(Cl)cc2)c1C(COC(=O)C(C)(C)C)OC(C)(C)C. The van der Waals surface area contributed by atoms with Crippen molar-refractivity contribution in [2.75, 3.05) is 6.61 Å². The number of carbonyl (C=O) groups is 1. The summed E-state index contributed by atoms with van der Waals surface area (Å²) >= 11 is 7.90. The highest BCUT2D eigenvalue weighted by molar-refractivity contribution is 7.22. The topological polar surface area (TPSA) is 79.1 Å². The Kier molecular flexibility index (Phi) is 7.70. The molecule has 9 heteroatoms. The molecule has 0 fully saturated rings. The molecule has 0 aliphatic carbocycles. The molecule has 214 valence electrons. The van der Waals surface area contributed by atoms with Crippen molar-refractivity contribution >= 4 is 50.2 Å². The Bertz CT molecular complexity index is 1740. The number of halogens is 1. The molecule has 0 saturated heterocycles. The van der Waals surface area contributed by atoms with Crippen LogP contribution in [0.5, 0.6) is 0 Å². The minimum Gasteiger partial charge on any atom is -0.462 e. The van der Waals surface area contributed by atoms with Crippen molar-refractivity contribution in [1.82, 2.24) is 19.7 Å². The lowest BCUT2D eigenvalue weighted by Gasteiger charge is -2.31. The zero-order valence-corrected chi connectivity index (χ0v) is 26.3. The number of carbonyl (C=O) groups excluding carboxylic acids is 1. The second-order valence-corrected chi connectivity index (χ2v) is 13.8. The monoisotopic (exact) mass is 590 g/mol. The molecular weight excluding hydrogens is 556 g/mol. The summed E-state index contributed by atoms with van der Waals surface area (Å²) in [6.07, 6.45) is 3.09. The number of ether oxygens (including phenoxy) is 2. The van der Waals surface area contributed by atoms with Crippen LogP contribution in [0.25, 0.3) is 42.9 Å². The van der Waals surface area contributed by atoms with Gasteiger partial charge in [0, 0.05) is 29.4 Å². The lowest BCUT2D eigenvalue weighted by atomic mass is 9.91. The first-order valence-electron chi connectivity index (χ1n) is 13.5.